The Labute approximate surface area is 160 Å². The maximum Gasteiger partial charge on any atom is 0.166 e. The molecule has 0 radical (unpaired) electrons. The van der Waals surface area contributed by atoms with Crippen molar-refractivity contribution in [1.82, 2.24) is 10.2 Å². The summed E-state index contributed by atoms with van der Waals surface area (Å²) in [6.45, 7) is 2.15. The molecule has 5 heteroatoms. The summed E-state index contributed by atoms with van der Waals surface area (Å²) in [7, 11) is 3.67. The zero-order valence-electron chi connectivity index (χ0n) is 16.1. The molecule has 1 aromatic rings. The summed E-state index contributed by atoms with van der Waals surface area (Å²) >= 11 is 0. The fraction of sp³-hybridized carbons (Fsp3) is 0.636. The topological polar surface area (TPSA) is 54.0 Å². The molecule has 0 amide bonds. The number of aliphatic hydroxyl groups is 1. The summed E-state index contributed by atoms with van der Waals surface area (Å²) in [5, 5.41) is 15.6. The molecule has 27 heavy (non-hydrogen) atoms. The van der Waals surface area contributed by atoms with Gasteiger partial charge in [-0.3, -0.25) is 4.90 Å². The molecule has 1 saturated heterocycles. The molecular formula is C22H28N2O3. The van der Waals surface area contributed by atoms with Crippen molar-refractivity contribution in [2.24, 2.45) is 5.92 Å². The lowest BCUT2D eigenvalue weighted by atomic mass is 9.50. The molecule has 3 aliphatic carbocycles. The second kappa shape index (κ2) is 5.28. The molecule has 2 fully saturated rings. The monoisotopic (exact) mass is 368 g/mol. The average Bonchev–Trinajstić information content (AvgIpc) is 3.41. The molecule has 1 spiro atoms. The summed E-state index contributed by atoms with van der Waals surface area (Å²) in [5.74, 6) is 2.47. The van der Waals surface area contributed by atoms with Crippen LogP contribution in [0.5, 0.6) is 11.5 Å². The number of methoxy groups -OCH3 is 1. The molecule has 2 N–H and O–H groups in total. The van der Waals surface area contributed by atoms with Gasteiger partial charge in [-0.1, -0.05) is 18.2 Å². The Kier molecular flexibility index (Phi) is 3.21. The van der Waals surface area contributed by atoms with E-state index in [9.17, 15) is 5.11 Å². The second-order valence-corrected chi connectivity index (χ2v) is 9.05. The zero-order valence-corrected chi connectivity index (χ0v) is 16.1. The number of likely N-dealkylation sites (tertiary alicyclic amines) is 1. The van der Waals surface area contributed by atoms with E-state index in [1.165, 1.54) is 24.0 Å². The molecule has 1 saturated carbocycles. The number of likely N-dealkylation sites (N-methyl/N-ethyl adjacent to an activating group) is 1. The summed E-state index contributed by atoms with van der Waals surface area (Å²) in [6.07, 6.45) is 8.60. The van der Waals surface area contributed by atoms with Gasteiger partial charge in [0.2, 0.25) is 0 Å². The van der Waals surface area contributed by atoms with Crippen LogP contribution in [0.3, 0.4) is 0 Å². The van der Waals surface area contributed by atoms with Crippen LogP contribution >= 0.6 is 0 Å². The first-order valence-electron chi connectivity index (χ1n) is 10.3. The van der Waals surface area contributed by atoms with Crippen molar-refractivity contribution < 1.29 is 14.6 Å². The first kappa shape index (κ1) is 16.4. The predicted octanol–water partition coefficient (Wildman–Crippen LogP) is 1.62. The average molecular weight is 368 g/mol. The molecule has 2 aliphatic heterocycles. The SMILES string of the molecule is CNC1C=CC2(O)[C@@H]3Cc4ccc(OC)c5c4[C@@]2(CCN3CC2CC2)C1O5. The van der Waals surface area contributed by atoms with Gasteiger partial charge in [0.1, 0.15) is 11.7 Å². The van der Waals surface area contributed by atoms with Gasteiger partial charge in [0.25, 0.3) is 0 Å². The highest BCUT2D eigenvalue weighted by Crippen LogP contribution is 2.64. The predicted molar refractivity (Wildman–Crippen MR) is 102 cm³/mol. The number of ether oxygens (including phenoxy) is 2. The highest BCUT2D eigenvalue weighted by Gasteiger charge is 2.71. The van der Waals surface area contributed by atoms with Crippen LogP contribution < -0.4 is 14.8 Å². The molecule has 0 aromatic heterocycles. The maximum atomic E-state index is 12.2. The number of nitrogens with zero attached hydrogens (tertiary/aromatic N) is 1. The number of nitrogens with one attached hydrogen (secondary N) is 1. The van der Waals surface area contributed by atoms with E-state index < -0.39 is 11.0 Å². The van der Waals surface area contributed by atoms with Crippen molar-refractivity contribution in [3.05, 3.63) is 35.4 Å². The van der Waals surface area contributed by atoms with Crippen molar-refractivity contribution in [2.75, 3.05) is 27.2 Å². The van der Waals surface area contributed by atoms with Crippen LogP contribution in [0.25, 0.3) is 0 Å². The van der Waals surface area contributed by atoms with Crippen LogP contribution in [0.1, 0.15) is 30.4 Å². The fourth-order valence-electron chi connectivity index (χ4n) is 6.44. The first-order chi connectivity index (χ1) is 13.1. The van der Waals surface area contributed by atoms with Crippen LogP contribution in [0.2, 0.25) is 0 Å². The van der Waals surface area contributed by atoms with E-state index in [4.69, 9.17) is 9.47 Å². The van der Waals surface area contributed by atoms with Crippen LogP contribution in [0, 0.1) is 5.92 Å². The zero-order chi connectivity index (χ0) is 18.4. The third-order valence-electron chi connectivity index (χ3n) is 7.88. The Bertz CT molecular complexity index is 835. The molecule has 144 valence electrons. The highest BCUT2D eigenvalue weighted by atomic mass is 16.5. The standard InChI is InChI=1S/C22H28N2O3/c1-23-15-7-8-22(25)17-11-14-5-6-16(26-2)19-18(14)21(22,20(15)27-19)9-10-24(17)12-13-3-4-13/h5-8,13,15,17,20,23,25H,3-4,9-12H2,1-2H3/t15?,17-,20?,21-,22?/m0/s1. The van der Waals surface area contributed by atoms with E-state index in [0.29, 0.717) is 0 Å². The smallest absolute Gasteiger partial charge is 0.166 e. The van der Waals surface area contributed by atoms with Crippen LogP contribution in [0.15, 0.2) is 24.3 Å². The van der Waals surface area contributed by atoms with Gasteiger partial charge in [-0.05, 0) is 56.8 Å². The fourth-order valence-corrected chi connectivity index (χ4v) is 6.44. The Hall–Kier alpha value is -1.56. The van der Waals surface area contributed by atoms with Gasteiger partial charge in [0.15, 0.2) is 11.5 Å². The molecule has 5 aliphatic rings. The van der Waals surface area contributed by atoms with Crippen molar-refractivity contribution in [3.8, 4) is 11.5 Å². The van der Waals surface area contributed by atoms with E-state index in [0.717, 1.165) is 43.3 Å². The van der Waals surface area contributed by atoms with E-state index in [2.05, 4.69) is 28.4 Å². The van der Waals surface area contributed by atoms with Gasteiger partial charge in [-0.15, -0.1) is 0 Å². The number of hydrogen-bond acceptors (Lipinski definition) is 5. The summed E-state index contributed by atoms with van der Waals surface area (Å²) in [4.78, 5) is 2.56. The van der Waals surface area contributed by atoms with Crippen molar-refractivity contribution in [2.45, 2.75) is 54.9 Å². The largest absolute Gasteiger partial charge is 0.493 e. The van der Waals surface area contributed by atoms with E-state index in [1.807, 2.05) is 13.1 Å². The molecule has 1 aromatic carbocycles. The van der Waals surface area contributed by atoms with Crippen molar-refractivity contribution in [1.29, 1.82) is 0 Å². The second-order valence-electron chi connectivity index (χ2n) is 9.05. The third kappa shape index (κ3) is 1.86. The van der Waals surface area contributed by atoms with Gasteiger partial charge >= 0.3 is 0 Å². The Balaban J connectivity index is 1.57. The van der Waals surface area contributed by atoms with Crippen LogP contribution in [-0.2, 0) is 11.8 Å². The quantitative estimate of drug-likeness (QED) is 0.791. The highest BCUT2D eigenvalue weighted by molar-refractivity contribution is 5.64. The minimum atomic E-state index is -0.886. The number of rotatable bonds is 4. The number of piperidine rings is 1. The molecule has 5 nitrogen and oxygen atoms in total. The lowest BCUT2D eigenvalue weighted by Crippen LogP contribution is -2.76. The molecular weight excluding hydrogens is 340 g/mol. The number of hydrogen-bond donors (Lipinski definition) is 2. The van der Waals surface area contributed by atoms with Crippen molar-refractivity contribution >= 4 is 0 Å². The van der Waals surface area contributed by atoms with Gasteiger partial charge in [0.05, 0.1) is 18.6 Å². The van der Waals surface area contributed by atoms with Gasteiger partial charge in [0, 0.05) is 18.2 Å². The first-order valence-corrected chi connectivity index (χ1v) is 10.3. The summed E-state index contributed by atoms with van der Waals surface area (Å²) in [6, 6.07) is 4.45. The van der Waals surface area contributed by atoms with E-state index in [-0.39, 0.29) is 18.2 Å². The van der Waals surface area contributed by atoms with Crippen LogP contribution in [-0.4, -0.2) is 61.0 Å². The minimum absolute atomic E-state index is 0.0870. The van der Waals surface area contributed by atoms with E-state index in [1.54, 1.807) is 7.11 Å². The molecule has 2 heterocycles. The summed E-state index contributed by atoms with van der Waals surface area (Å²) < 4.78 is 12.2. The lowest BCUT2D eigenvalue weighted by Gasteiger charge is -2.62. The van der Waals surface area contributed by atoms with Gasteiger partial charge < -0.3 is 19.9 Å². The van der Waals surface area contributed by atoms with E-state index >= 15 is 0 Å². The van der Waals surface area contributed by atoms with Crippen LogP contribution in [0.4, 0.5) is 0 Å². The lowest BCUT2D eigenvalue weighted by molar-refractivity contribution is -0.144. The molecule has 3 unspecified atom stereocenters. The van der Waals surface area contributed by atoms with Crippen molar-refractivity contribution in [3.63, 3.8) is 0 Å². The molecule has 5 atom stereocenters. The minimum Gasteiger partial charge on any atom is -0.493 e. The normalized spacial score (nSPS) is 41.2. The van der Waals surface area contributed by atoms with Gasteiger partial charge in [-0.2, -0.15) is 0 Å². The maximum absolute atomic E-state index is 12.2. The molecule has 2 bridgehead atoms. The Morgan fingerprint density at radius 2 is 2.22 bits per heavy atom. The number of benzene rings is 1. The third-order valence-corrected chi connectivity index (χ3v) is 7.88. The Morgan fingerprint density at radius 3 is 2.96 bits per heavy atom. The Morgan fingerprint density at radius 1 is 1.37 bits per heavy atom. The molecule has 6 rings (SSSR count). The summed E-state index contributed by atoms with van der Waals surface area (Å²) in [5.41, 5.74) is 1.26. The van der Waals surface area contributed by atoms with Gasteiger partial charge in [-0.25, -0.2) is 0 Å².